The summed E-state index contributed by atoms with van der Waals surface area (Å²) < 4.78 is 1.27. The molecule has 0 saturated heterocycles. The second-order valence-corrected chi connectivity index (χ2v) is 6.50. The molecule has 2 rings (SSSR count). The first-order valence-electron chi connectivity index (χ1n) is 7.18. The van der Waals surface area contributed by atoms with Crippen molar-refractivity contribution in [1.29, 1.82) is 0 Å². The molecule has 2 aromatic carbocycles. The second-order valence-electron chi connectivity index (χ2n) is 5.25. The Labute approximate surface area is 135 Å². The van der Waals surface area contributed by atoms with E-state index in [1.165, 1.54) is 26.7 Å². The summed E-state index contributed by atoms with van der Waals surface area (Å²) in [6.45, 7) is 4.52. The zero-order valence-electron chi connectivity index (χ0n) is 12.4. The Morgan fingerprint density at radius 1 is 1.00 bits per heavy atom. The maximum atomic E-state index is 3.42. The van der Waals surface area contributed by atoms with Gasteiger partial charge in [0.05, 0.1) is 6.04 Å². The highest BCUT2D eigenvalue weighted by atomic mass is 127. The van der Waals surface area contributed by atoms with E-state index in [9.17, 15) is 0 Å². The van der Waals surface area contributed by atoms with E-state index in [0.717, 1.165) is 0 Å². The van der Waals surface area contributed by atoms with Crippen molar-refractivity contribution >= 4 is 22.6 Å². The summed E-state index contributed by atoms with van der Waals surface area (Å²) in [4.78, 5) is 0. The first kappa shape index (κ1) is 15.5. The van der Waals surface area contributed by atoms with Gasteiger partial charge in [-0.25, -0.2) is 0 Å². The van der Waals surface area contributed by atoms with Gasteiger partial charge < -0.3 is 5.32 Å². The van der Waals surface area contributed by atoms with Crippen LogP contribution in [0.15, 0.2) is 48.5 Å². The third-order valence-electron chi connectivity index (χ3n) is 3.92. The Kier molecular flexibility index (Phi) is 5.61. The van der Waals surface area contributed by atoms with E-state index in [1.54, 1.807) is 0 Å². The SMILES string of the molecule is CCC(C)c1ccc(C(NC)c2cccc(I)c2)cc1. The highest BCUT2D eigenvalue weighted by Crippen LogP contribution is 2.25. The lowest BCUT2D eigenvalue weighted by Gasteiger charge is -2.19. The Bertz CT molecular complexity index is 548. The largest absolute Gasteiger partial charge is 0.309 e. The van der Waals surface area contributed by atoms with Gasteiger partial charge in [0.15, 0.2) is 0 Å². The summed E-state index contributed by atoms with van der Waals surface area (Å²) >= 11 is 2.37. The molecule has 20 heavy (non-hydrogen) atoms. The van der Waals surface area contributed by atoms with Crippen LogP contribution in [0.3, 0.4) is 0 Å². The predicted molar refractivity (Wildman–Crippen MR) is 95.2 cm³/mol. The molecule has 0 aromatic heterocycles. The molecular weight excluding hydrogens is 357 g/mol. The van der Waals surface area contributed by atoms with Gasteiger partial charge in [0.2, 0.25) is 0 Å². The van der Waals surface area contributed by atoms with Gasteiger partial charge in [-0.05, 0) is 70.8 Å². The number of hydrogen-bond donors (Lipinski definition) is 1. The van der Waals surface area contributed by atoms with Crippen molar-refractivity contribution in [3.05, 3.63) is 68.8 Å². The van der Waals surface area contributed by atoms with Gasteiger partial charge in [0, 0.05) is 3.57 Å². The van der Waals surface area contributed by atoms with Crippen molar-refractivity contribution in [2.45, 2.75) is 32.2 Å². The van der Waals surface area contributed by atoms with E-state index in [1.807, 2.05) is 7.05 Å². The summed E-state index contributed by atoms with van der Waals surface area (Å²) in [5, 5.41) is 3.42. The molecule has 2 unspecified atom stereocenters. The quantitative estimate of drug-likeness (QED) is 0.712. The average Bonchev–Trinajstić information content (AvgIpc) is 2.48. The minimum atomic E-state index is 0.260. The number of rotatable bonds is 5. The van der Waals surface area contributed by atoms with Crippen molar-refractivity contribution < 1.29 is 0 Å². The lowest BCUT2D eigenvalue weighted by Crippen LogP contribution is -2.17. The number of benzene rings is 2. The smallest absolute Gasteiger partial charge is 0.0574 e. The topological polar surface area (TPSA) is 12.0 Å². The molecule has 0 fully saturated rings. The van der Waals surface area contributed by atoms with Crippen LogP contribution < -0.4 is 5.32 Å². The van der Waals surface area contributed by atoms with Crippen LogP contribution in [0.5, 0.6) is 0 Å². The molecular formula is C18H22IN. The highest BCUT2D eigenvalue weighted by Gasteiger charge is 2.12. The zero-order valence-corrected chi connectivity index (χ0v) is 14.5. The van der Waals surface area contributed by atoms with Crippen LogP contribution in [-0.4, -0.2) is 7.05 Å². The Morgan fingerprint density at radius 2 is 1.65 bits per heavy atom. The molecule has 0 aliphatic carbocycles. The van der Waals surface area contributed by atoms with Crippen LogP contribution in [0.25, 0.3) is 0 Å². The molecule has 0 heterocycles. The van der Waals surface area contributed by atoms with Gasteiger partial charge in [-0.1, -0.05) is 50.2 Å². The molecule has 2 aromatic rings. The second kappa shape index (κ2) is 7.23. The van der Waals surface area contributed by atoms with Crippen molar-refractivity contribution in [2.75, 3.05) is 7.05 Å². The van der Waals surface area contributed by atoms with Gasteiger partial charge in [-0.15, -0.1) is 0 Å². The summed E-state index contributed by atoms with van der Waals surface area (Å²) in [7, 11) is 2.02. The summed E-state index contributed by atoms with van der Waals surface area (Å²) in [5.74, 6) is 0.634. The van der Waals surface area contributed by atoms with Gasteiger partial charge in [-0.2, -0.15) is 0 Å². The van der Waals surface area contributed by atoms with Crippen LogP contribution in [0.1, 0.15) is 48.9 Å². The van der Waals surface area contributed by atoms with Crippen LogP contribution in [0.2, 0.25) is 0 Å². The normalized spacial score (nSPS) is 14.0. The van der Waals surface area contributed by atoms with Crippen molar-refractivity contribution in [1.82, 2.24) is 5.32 Å². The van der Waals surface area contributed by atoms with Gasteiger partial charge >= 0.3 is 0 Å². The van der Waals surface area contributed by atoms with Crippen LogP contribution in [0.4, 0.5) is 0 Å². The predicted octanol–water partition coefficient (Wildman–Crippen LogP) is 5.11. The van der Waals surface area contributed by atoms with E-state index in [2.05, 4.69) is 90.3 Å². The van der Waals surface area contributed by atoms with Crippen LogP contribution in [0, 0.1) is 3.57 Å². The van der Waals surface area contributed by atoms with Crippen molar-refractivity contribution in [3.8, 4) is 0 Å². The summed E-state index contributed by atoms with van der Waals surface area (Å²) in [5.41, 5.74) is 4.06. The Balaban J connectivity index is 2.28. The standard InChI is InChI=1S/C18H22IN/c1-4-13(2)14-8-10-15(11-9-14)18(20-3)16-6-5-7-17(19)12-16/h5-13,18,20H,4H2,1-3H3. The van der Waals surface area contributed by atoms with E-state index >= 15 is 0 Å². The fraction of sp³-hybridized carbons (Fsp3) is 0.333. The minimum Gasteiger partial charge on any atom is -0.309 e. The molecule has 0 aliphatic heterocycles. The molecule has 0 bridgehead atoms. The van der Waals surface area contributed by atoms with E-state index in [-0.39, 0.29) is 6.04 Å². The highest BCUT2D eigenvalue weighted by molar-refractivity contribution is 14.1. The van der Waals surface area contributed by atoms with E-state index in [0.29, 0.717) is 5.92 Å². The van der Waals surface area contributed by atoms with Crippen LogP contribution >= 0.6 is 22.6 Å². The fourth-order valence-corrected chi connectivity index (χ4v) is 3.03. The third-order valence-corrected chi connectivity index (χ3v) is 4.59. The molecule has 2 atom stereocenters. The van der Waals surface area contributed by atoms with E-state index < -0.39 is 0 Å². The number of hydrogen-bond acceptors (Lipinski definition) is 1. The van der Waals surface area contributed by atoms with Crippen LogP contribution in [-0.2, 0) is 0 Å². The third kappa shape index (κ3) is 3.61. The van der Waals surface area contributed by atoms with Crippen molar-refractivity contribution in [2.24, 2.45) is 0 Å². The van der Waals surface area contributed by atoms with Crippen molar-refractivity contribution in [3.63, 3.8) is 0 Å². The fourth-order valence-electron chi connectivity index (χ4n) is 2.46. The lowest BCUT2D eigenvalue weighted by molar-refractivity contribution is 0.688. The molecule has 1 N–H and O–H groups in total. The Hall–Kier alpha value is -0.870. The summed E-state index contributed by atoms with van der Waals surface area (Å²) in [6, 6.07) is 18.0. The molecule has 0 radical (unpaired) electrons. The molecule has 2 heteroatoms. The van der Waals surface area contributed by atoms with Gasteiger partial charge in [-0.3, -0.25) is 0 Å². The summed E-state index contributed by atoms with van der Waals surface area (Å²) in [6.07, 6.45) is 1.19. The first-order chi connectivity index (χ1) is 9.65. The molecule has 1 nitrogen and oxygen atoms in total. The zero-order chi connectivity index (χ0) is 14.5. The lowest BCUT2D eigenvalue weighted by atomic mass is 9.94. The molecule has 0 amide bonds. The van der Waals surface area contributed by atoms with Gasteiger partial charge in [0.1, 0.15) is 0 Å². The molecule has 0 saturated carbocycles. The maximum Gasteiger partial charge on any atom is 0.0574 e. The molecule has 0 aliphatic rings. The monoisotopic (exact) mass is 379 g/mol. The minimum absolute atomic E-state index is 0.260. The van der Waals surface area contributed by atoms with E-state index in [4.69, 9.17) is 0 Å². The molecule has 106 valence electrons. The maximum absolute atomic E-state index is 3.42. The number of nitrogens with one attached hydrogen (secondary N) is 1. The van der Waals surface area contributed by atoms with Gasteiger partial charge in [0.25, 0.3) is 0 Å². The average molecular weight is 379 g/mol. The number of halogens is 1. The molecule has 0 spiro atoms. The Morgan fingerprint density at radius 3 is 2.20 bits per heavy atom. The first-order valence-corrected chi connectivity index (χ1v) is 8.26.